The third kappa shape index (κ3) is 9.71. The largest absolute Gasteiger partial charge is 0.497 e. The van der Waals surface area contributed by atoms with Crippen molar-refractivity contribution in [3.63, 3.8) is 0 Å². The lowest BCUT2D eigenvalue weighted by Crippen LogP contribution is -2.44. The van der Waals surface area contributed by atoms with E-state index in [9.17, 15) is 18.3 Å². The van der Waals surface area contributed by atoms with Gasteiger partial charge in [-0.1, -0.05) is 32.4 Å². The molecule has 42 heavy (non-hydrogen) atoms. The van der Waals surface area contributed by atoms with E-state index in [2.05, 4.69) is 10.3 Å². The van der Waals surface area contributed by atoms with Gasteiger partial charge in [0, 0.05) is 50.3 Å². The number of sulfonamides is 1. The quantitative estimate of drug-likeness (QED) is 0.166. The molecule has 1 aromatic heterocycles. The van der Waals surface area contributed by atoms with Crippen LogP contribution in [-0.2, 0) is 23.1 Å². The first-order valence-corrected chi connectivity index (χ1v) is 15.6. The highest BCUT2D eigenvalue weighted by molar-refractivity contribution is 7.89. The maximum Gasteiger partial charge on any atom is 0.318 e. The lowest BCUT2D eigenvalue weighted by atomic mass is 10.1. The van der Waals surface area contributed by atoms with Gasteiger partial charge in [-0.25, -0.2) is 13.2 Å². The Bertz CT molecular complexity index is 1340. The van der Waals surface area contributed by atoms with Crippen LogP contribution >= 0.6 is 0 Å². The van der Waals surface area contributed by atoms with Crippen molar-refractivity contribution in [2.45, 2.75) is 57.1 Å². The predicted molar refractivity (Wildman–Crippen MR) is 164 cm³/mol. The summed E-state index contributed by atoms with van der Waals surface area (Å²) in [6, 6.07) is 16.7. The fourth-order valence-electron chi connectivity index (χ4n) is 4.58. The van der Waals surface area contributed by atoms with Crippen LogP contribution in [0.1, 0.15) is 44.2 Å². The minimum Gasteiger partial charge on any atom is -0.497 e. The maximum absolute atomic E-state index is 13.5. The molecular formula is C31H43N5O5S. The minimum atomic E-state index is -3.83. The molecule has 10 nitrogen and oxygen atoms in total. The predicted octanol–water partition coefficient (Wildman–Crippen LogP) is 4.26. The molecule has 0 aliphatic heterocycles. The molecular weight excluding hydrogens is 554 g/mol. The molecule has 0 bridgehead atoms. The van der Waals surface area contributed by atoms with Crippen LogP contribution in [-0.4, -0.2) is 66.6 Å². The van der Waals surface area contributed by atoms with Crippen molar-refractivity contribution in [2.24, 2.45) is 5.92 Å². The molecule has 3 rings (SSSR count). The summed E-state index contributed by atoms with van der Waals surface area (Å²) in [4.78, 5) is 19.1. The summed E-state index contributed by atoms with van der Waals surface area (Å²) in [5.41, 5.74) is 8.16. The summed E-state index contributed by atoms with van der Waals surface area (Å²) < 4.78 is 33.6. The molecule has 11 heteroatoms. The monoisotopic (exact) mass is 597 g/mol. The summed E-state index contributed by atoms with van der Waals surface area (Å²) in [7, 11) is -2.21. The second-order valence-electron chi connectivity index (χ2n) is 10.7. The van der Waals surface area contributed by atoms with Crippen molar-refractivity contribution in [1.82, 2.24) is 19.5 Å². The normalized spacial score (nSPS) is 12.3. The number of amides is 2. The van der Waals surface area contributed by atoms with Crippen LogP contribution in [0.4, 0.5) is 10.5 Å². The zero-order valence-corrected chi connectivity index (χ0v) is 25.5. The number of nitrogens with zero attached hydrogens (tertiary/aromatic N) is 3. The van der Waals surface area contributed by atoms with E-state index in [0.717, 1.165) is 16.9 Å². The molecule has 0 saturated carbocycles. The van der Waals surface area contributed by atoms with Gasteiger partial charge in [0.15, 0.2) is 0 Å². The van der Waals surface area contributed by atoms with Gasteiger partial charge in [0.2, 0.25) is 10.0 Å². The molecule has 3 aromatic rings. The molecule has 2 amide bonds. The van der Waals surface area contributed by atoms with E-state index in [4.69, 9.17) is 10.5 Å². The summed E-state index contributed by atoms with van der Waals surface area (Å²) in [5, 5.41) is 13.2. The third-order valence-electron chi connectivity index (χ3n) is 6.83. The molecule has 0 spiro atoms. The van der Waals surface area contributed by atoms with Crippen molar-refractivity contribution in [3.05, 3.63) is 84.2 Å². The summed E-state index contributed by atoms with van der Waals surface area (Å²) >= 11 is 0. The zero-order valence-electron chi connectivity index (χ0n) is 24.6. The van der Waals surface area contributed by atoms with Crippen LogP contribution < -0.4 is 15.8 Å². The number of unbranched alkanes of at least 4 members (excludes halogenated alkanes) is 1. The number of pyridine rings is 1. The number of hydrogen-bond acceptors (Lipinski definition) is 7. The van der Waals surface area contributed by atoms with Gasteiger partial charge in [-0.05, 0) is 78.4 Å². The van der Waals surface area contributed by atoms with Crippen LogP contribution in [0.3, 0.4) is 0 Å². The van der Waals surface area contributed by atoms with Gasteiger partial charge in [-0.15, -0.1) is 0 Å². The van der Waals surface area contributed by atoms with Gasteiger partial charge in [0.1, 0.15) is 5.75 Å². The summed E-state index contributed by atoms with van der Waals surface area (Å²) in [6.45, 7) is 5.12. The molecule has 228 valence electrons. The molecule has 0 unspecified atom stereocenters. The zero-order chi connectivity index (χ0) is 30.5. The first-order chi connectivity index (χ1) is 20.1. The lowest BCUT2D eigenvalue weighted by Gasteiger charge is -2.31. The number of hydrogen-bond donors (Lipinski definition) is 3. The smallest absolute Gasteiger partial charge is 0.318 e. The SMILES string of the molecule is COc1ccc(CN(Cc2ccncc2)C(=O)NCCCC[C@@H](CO)N(CC(C)C)S(=O)(=O)c2ccc(N)cc2)cc1. The Balaban J connectivity index is 1.60. The average Bonchev–Trinajstić information content (AvgIpc) is 2.98. The number of nitrogens with one attached hydrogen (secondary N) is 1. The van der Waals surface area contributed by atoms with E-state index >= 15 is 0 Å². The van der Waals surface area contributed by atoms with Crippen molar-refractivity contribution < 1.29 is 23.1 Å². The van der Waals surface area contributed by atoms with Crippen LogP contribution in [0.15, 0.2) is 78.0 Å². The van der Waals surface area contributed by atoms with Gasteiger partial charge in [-0.2, -0.15) is 4.31 Å². The van der Waals surface area contributed by atoms with E-state index < -0.39 is 16.1 Å². The van der Waals surface area contributed by atoms with Crippen LogP contribution in [0.25, 0.3) is 0 Å². The molecule has 2 aromatic carbocycles. The number of methoxy groups -OCH3 is 1. The van der Waals surface area contributed by atoms with Gasteiger partial charge in [-0.3, -0.25) is 4.98 Å². The number of urea groups is 1. The van der Waals surface area contributed by atoms with Crippen LogP contribution in [0.2, 0.25) is 0 Å². The van der Waals surface area contributed by atoms with Gasteiger partial charge in [0.25, 0.3) is 0 Å². The van der Waals surface area contributed by atoms with E-state index in [1.54, 1.807) is 36.5 Å². The summed E-state index contributed by atoms with van der Waals surface area (Å²) in [5.74, 6) is 0.817. The average molecular weight is 598 g/mol. The topological polar surface area (TPSA) is 138 Å². The Hall–Kier alpha value is -3.67. The Morgan fingerprint density at radius 1 is 0.976 bits per heavy atom. The molecule has 0 aliphatic rings. The molecule has 0 saturated heterocycles. The number of rotatable bonds is 16. The second kappa shape index (κ2) is 16.1. The van der Waals surface area contributed by atoms with E-state index in [1.165, 1.54) is 16.4 Å². The summed E-state index contributed by atoms with van der Waals surface area (Å²) in [6.07, 6.45) is 5.12. The fraction of sp³-hybridized carbons (Fsp3) is 0.419. The number of aromatic nitrogens is 1. The first kappa shape index (κ1) is 32.8. The van der Waals surface area contributed by atoms with Crippen molar-refractivity contribution in [2.75, 3.05) is 32.5 Å². The number of aliphatic hydroxyl groups excluding tert-OH is 1. The minimum absolute atomic E-state index is 0.0685. The van der Waals surface area contributed by atoms with E-state index in [1.807, 2.05) is 50.2 Å². The van der Waals surface area contributed by atoms with E-state index in [-0.39, 0.29) is 30.0 Å². The van der Waals surface area contributed by atoms with E-state index in [0.29, 0.717) is 44.6 Å². The molecule has 0 fully saturated rings. The molecule has 0 radical (unpaired) electrons. The Labute approximate surface area is 249 Å². The third-order valence-corrected chi connectivity index (χ3v) is 8.77. The lowest BCUT2D eigenvalue weighted by molar-refractivity contribution is 0.167. The highest BCUT2D eigenvalue weighted by Crippen LogP contribution is 2.23. The Morgan fingerprint density at radius 2 is 1.60 bits per heavy atom. The number of nitrogens with two attached hydrogens (primary N) is 1. The van der Waals surface area contributed by atoms with Crippen LogP contribution in [0.5, 0.6) is 5.75 Å². The number of benzene rings is 2. The maximum atomic E-state index is 13.5. The van der Waals surface area contributed by atoms with Crippen molar-refractivity contribution in [3.8, 4) is 5.75 Å². The standard InChI is InChI=1S/C31H43N5O5S/c1-24(2)20-36(42(39,40)30-13-9-27(32)10-14-30)28(23-37)6-4-5-17-34-31(38)35(22-26-15-18-33-19-16-26)21-25-7-11-29(41-3)12-8-25/h7-16,18-19,24,28,37H,4-6,17,20-23,32H2,1-3H3,(H,34,38)/t28-/m0/s1. The number of anilines is 1. The number of ether oxygens (including phenoxy) is 1. The van der Waals surface area contributed by atoms with Crippen molar-refractivity contribution >= 4 is 21.7 Å². The molecule has 1 atom stereocenters. The number of carbonyl (C=O) groups is 1. The number of carbonyl (C=O) groups excluding carboxylic acids is 1. The number of aliphatic hydroxyl groups is 1. The molecule has 0 aliphatic carbocycles. The fourth-order valence-corrected chi connectivity index (χ4v) is 6.39. The van der Waals surface area contributed by atoms with Crippen LogP contribution in [0, 0.1) is 5.92 Å². The Morgan fingerprint density at radius 3 is 2.17 bits per heavy atom. The second-order valence-corrected chi connectivity index (χ2v) is 12.6. The van der Waals surface area contributed by atoms with Gasteiger partial charge < -0.3 is 25.8 Å². The molecule has 4 N–H and O–H groups in total. The highest BCUT2D eigenvalue weighted by atomic mass is 32.2. The Kier molecular flexibility index (Phi) is 12.6. The highest BCUT2D eigenvalue weighted by Gasteiger charge is 2.31. The number of nitrogen functional groups attached to an aromatic ring is 1. The van der Waals surface area contributed by atoms with Crippen molar-refractivity contribution in [1.29, 1.82) is 0 Å². The first-order valence-electron chi connectivity index (χ1n) is 14.2. The van der Waals surface area contributed by atoms with Gasteiger partial charge in [0.05, 0.1) is 18.6 Å². The molecule has 1 heterocycles. The van der Waals surface area contributed by atoms with Gasteiger partial charge >= 0.3 is 6.03 Å².